The molecule has 0 aliphatic heterocycles. The molecule has 1 amide bonds. The summed E-state index contributed by atoms with van der Waals surface area (Å²) in [6.07, 6.45) is 7.19. The number of carbonyl (C=O) groups excluding carboxylic acids is 1. The summed E-state index contributed by atoms with van der Waals surface area (Å²) in [5.74, 6) is 0.0271. The Morgan fingerprint density at radius 1 is 1.83 bits per heavy atom. The summed E-state index contributed by atoms with van der Waals surface area (Å²) in [6.45, 7) is 2.03. The summed E-state index contributed by atoms with van der Waals surface area (Å²) in [5, 5.41) is 3.24. The van der Waals surface area contributed by atoms with Gasteiger partial charge in [-0.05, 0) is 13.3 Å². The molecule has 1 N–H and O–H groups in total. The topological polar surface area (TPSA) is 29.1 Å². The third kappa shape index (κ3) is 2.48. The zero-order valence-electron chi connectivity index (χ0n) is 7.01. The smallest absolute Gasteiger partial charge is 0.231 e. The van der Waals surface area contributed by atoms with Crippen molar-refractivity contribution in [3.8, 4) is 0 Å². The Bertz CT molecular complexity index is 233. The maximum atomic E-state index is 11.0. The third-order valence-corrected chi connectivity index (χ3v) is 2.34. The van der Waals surface area contributed by atoms with Gasteiger partial charge in [0.2, 0.25) is 5.91 Å². The highest BCUT2D eigenvalue weighted by Crippen LogP contribution is 2.10. The molecule has 2 nitrogen and oxygen atoms in total. The monoisotopic (exact) mass is 229 g/mol. The van der Waals surface area contributed by atoms with Gasteiger partial charge in [0.15, 0.2) is 0 Å². The quantitative estimate of drug-likeness (QED) is 0.568. The Kier molecular flexibility index (Phi) is 3.53. The maximum Gasteiger partial charge on any atom is 0.231 e. The first kappa shape index (κ1) is 9.52. The van der Waals surface area contributed by atoms with Crippen molar-refractivity contribution in [1.29, 1.82) is 0 Å². The van der Waals surface area contributed by atoms with Crippen LogP contribution < -0.4 is 5.32 Å². The predicted octanol–water partition coefficient (Wildman–Crippen LogP) is 1.77. The van der Waals surface area contributed by atoms with Gasteiger partial charge in [0.25, 0.3) is 0 Å². The Balaban J connectivity index is 2.51. The molecule has 0 aromatic heterocycles. The van der Waals surface area contributed by atoms with Gasteiger partial charge in [0.05, 0.1) is 11.4 Å². The van der Waals surface area contributed by atoms with Gasteiger partial charge >= 0.3 is 0 Å². The lowest BCUT2D eigenvalue weighted by atomic mass is 10.0. The molecule has 0 bridgehead atoms. The van der Waals surface area contributed by atoms with Crippen molar-refractivity contribution in [2.24, 2.45) is 0 Å². The summed E-state index contributed by atoms with van der Waals surface area (Å²) in [7, 11) is 0. The van der Waals surface area contributed by atoms with Crippen LogP contribution in [0.1, 0.15) is 13.3 Å². The highest BCUT2D eigenvalue weighted by Gasteiger charge is 2.11. The van der Waals surface area contributed by atoms with Crippen LogP contribution in [0.15, 0.2) is 23.8 Å². The molecule has 1 atom stereocenters. The maximum absolute atomic E-state index is 11.0. The molecule has 0 radical (unpaired) electrons. The van der Waals surface area contributed by atoms with Crippen LogP contribution >= 0.6 is 15.9 Å². The molecule has 0 saturated carbocycles. The van der Waals surface area contributed by atoms with E-state index in [-0.39, 0.29) is 11.9 Å². The van der Waals surface area contributed by atoms with Crippen LogP contribution in [0, 0.1) is 0 Å². The van der Waals surface area contributed by atoms with E-state index in [2.05, 4.69) is 33.4 Å². The molecule has 66 valence electrons. The standard InChI is InChI=1S/C9H12BrNO/c1-7-4-2-3-5-8(7)11-9(12)6-10/h3-5,8H,2,6H2,1H3,(H,11,12). The Morgan fingerprint density at radius 3 is 3.17 bits per heavy atom. The largest absolute Gasteiger partial charge is 0.345 e. The lowest BCUT2D eigenvalue weighted by molar-refractivity contribution is -0.118. The first-order valence-electron chi connectivity index (χ1n) is 3.92. The average molecular weight is 230 g/mol. The summed E-state index contributed by atoms with van der Waals surface area (Å²) < 4.78 is 0. The Hall–Kier alpha value is -0.570. The van der Waals surface area contributed by atoms with Crippen LogP contribution in [-0.4, -0.2) is 17.3 Å². The van der Waals surface area contributed by atoms with Crippen molar-refractivity contribution >= 4 is 21.8 Å². The molecular formula is C9H12BrNO. The van der Waals surface area contributed by atoms with E-state index < -0.39 is 0 Å². The molecule has 1 aliphatic rings. The lowest BCUT2D eigenvalue weighted by Gasteiger charge is -2.17. The second-order valence-electron chi connectivity index (χ2n) is 2.79. The fourth-order valence-corrected chi connectivity index (χ4v) is 1.28. The number of hydrogen-bond acceptors (Lipinski definition) is 1. The second kappa shape index (κ2) is 4.45. The van der Waals surface area contributed by atoms with Crippen molar-refractivity contribution in [2.75, 3.05) is 5.33 Å². The van der Waals surface area contributed by atoms with E-state index in [0.29, 0.717) is 5.33 Å². The molecule has 0 fully saturated rings. The van der Waals surface area contributed by atoms with Crippen LogP contribution in [0.3, 0.4) is 0 Å². The molecule has 0 saturated heterocycles. The van der Waals surface area contributed by atoms with E-state index in [1.807, 2.05) is 13.0 Å². The summed E-state index contributed by atoms with van der Waals surface area (Å²) in [4.78, 5) is 11.0. The van der Waals surface area contributed by atoms with Gasteiger partial charge in [0.1, 0.15) is 0 Å². The Labute approximate surface area is 80.9 Å². The molecule has 1 rings (SSSR count). The van der Waals surface area contributed by atoms with Crippen molar-refractivity contribution in [2.45, 2.75) is 19.4 Å². The van der Waals surface area contributed by atoms with E-state index in [1.54, 1.807) is 0 Å². The van der Waals surface area contributed by atoms with Crippen LogP contribution in [-0.2, 0) is 4.79 Å². The summed E-state index contributed by atoms with van der Waals surface area (Å²) in [5.41, 5.74) is 1.21. The molecule has 1 aliphatic carbocycles. The van der Waals surface area contributed by atoms with Crippen LogP contribution in [0.25, 0.3) is 0 Å². The van der Waals surface area contributed by atoms with E-state index in [0.717, 1.165) is 6.42 Å². The number of halogens is 1. The van der Waals surface area contributed by atoms with Gasteiger partial charge in [-0.15, -0.1) is 0 Å². The molecule has 3 heteroatoms. The number of alkyl halides is 1. The molecule has 0 aromatic rings. The molecule has 0 heterocycles. The SMILES string of the molecule is CC1=CCC=CC1NC(=O)CBr. The van der Waals surface area contributed by atoms with Crippen LogP contribution in [0.2, 0.25) is 0 Å². The van der Waals surface area contributed by atoms with Gasteiger partial charge in [0, 0.05) is 0 Å². The zero-order valence-corrected chi connectivity index (χ0v) is 8.60. The number of carbonyl (C=O) groups is 1. The number of hydrogen-bond donors (Lipinski definition) is 1. The zero-order chi connectivity index (χ0) is 8.97. The molecule has 1 unspecified atom stereocenters. The van der Waals surface area contributed by atoms with Gasteiger partial charge in [-0.1, -0.05) is 39.7 Å². The Morgan fingerprint density at radius 2 is 2.58 bits per heavy atom. The van der Waals surface area contributed by atoms with Crippen molar-refractivity contribution in [3.63, 3.8) is 0 Å². The van der Waals surface area contributed by atoms with Crippen molar-refractivity contribution in [1.82, 2.24) is 5.32 Å². The fourth-order valence-electron chi connectivity index (χ4n) is 1.12. The predicted molar refractivity (Wildman–Crippen MR) is 53.2 cm³/mol. The van der Waals surface area contributed by atoms with Gasteiger partial charge < -0.3 is 5.32 Å². The van der Waals surface area contributed by atoms with E-state index in [9.17, 15) is 4.79 Å². The normalized spacial score (nSPS) is 21.8. The van der Waals surface area contributed by atoms with Gasteiger partial charge in [-0.25, -0.2) is 0 Å². The first-order chi connectivity index (χ1) is 5.74. The third-order valence-electron chi connectivity index (χ3n) is 1.83. The number of amides is 1. The van der Waals surface area contributed by atoms with Gasteiger partial charge in [-0.2, -0.15) is 0 Å². The van der Waals surface area contributed by atoms with E-state index >= 15 is 0 Å². The summed E-state index contributed by atoms with van der Waals surface area (Å²) in [6, 6.07) is 0.101. The first-order valence-corrected chi connectivity index (χ1v) is 5.05. The van der Waals surface area contributed by atoms with Crippen LogP contribution in [0.4, 0.5) is 0 Å². The summed E-state index contributed by atoms with van der Waals surface area (Å²) >= 11 is 3.11. The lowest BCUT2D eigenvalue weighted by Crippen LogP contribution is -2.35. The molecule has 0 spiro atoms. The number of nitrogens with one attached hydrogen (secondary N) is 1. The molecular weight excluding hydrogens is 218 g/mol. The van der Waals surface area contributed by atoms with E-state index in [4.69, 9.17) is 0 Å². The molecule has 0 aromatic carbocycles. The minimum Gasteiger partial charge on any atom is -0.345 e. The van der Waals surface area contributed by atoms with Gasteiger partial charge in [-0.3, -0.25) is 4.79 Å². The number of rotatable bonds is 2. The number of allylic oxidation sites excluding steroid dienone is 2. The minimum atomic E-state index is 0.0271. The average Bonchev–Trinajstić information content (AvgIpc) is 2.09. The fraction of sp³-hybridized carbons (Fsp3) is 0.444. The van der Waals surface area contributed by atoms with Crippen LogP contribution in [0.5, 0.6) is 0 Å². The van der Waals surface area contributed by atoms with Crippen molar-refractivity contribution in [3.05, 3.63) is 23.8 Å². The highest BCUT2D eigenvalue weighted by molar-refractivity contribution is 9.09. The highest BCUT2D eigenvalue weighted by atomic mass is 79.9. The molecule has 12 heavy (non-hydrogen) atoms. The second-order valence-corrected chi connectivity index (χ2v) is 3.35. The van der Waals surface area contributed by atoms with Crippen molar-refractivity contribution < 1.29 is 4.79 Å². The minimum absolute atomic E-state index is 0.0271. The van der Waals surface area contributed by atoms with E-state index in [1.165, 1.54) is 5.57 Å².